The molecule has 39 heavy (non-hydrogen) atoms. The van der Waals surface area contributed by atoms with E-state index in [9.17, 15) is 31.9 Å². The molecule has 8 nitrogen and oxygen atoms in total. The standard InChI is InChI=1S/C25H19Cl2F4N3O5/c1-34(24(38)21-17(27)3-2-4-18(21)28)22-19(39-12-25(29,30)31)10-14(11-33-22)15-9-13(5-6-16(15)26)23(37)32-8-7-20(35)36/h2-6,9-11H,7-8,12H2,1H3,(H,32,37)(H,35,36). The van der Waals surface area contributed by atoms with Gasteiger partial charge in [0.25, 0.3) is 11.8 Å². The number of carbonyl (C=O) groups excluding carboxylic acids is 2. The Morgan fingerprint density at radius 3 is 2.46 bits per heavy atom. The lowest BCUT2D eigenvalue weighted by atomic mass is 10.0. The summed E-state index contributed by atoms with van der Waals surface area (Å²) in [4.78, 5) is 40.9. The molecule has 0 aliphatic carbocycles. The third-order valence-electron chi connectivity index (χ3n) is 5.19. The number of anilines is 1. The van der Waals surface area contributed by atoms with Gasteiger partial charge in [0.15, 0.2) is 18.2 Å². The number of amides is 2. The Kier molecular flexibility index (Phi) is 9.36. The van der Waals surface area contributed by atoms with Gasteiger partial charge in [-0.2, -0.15) is 13.2 Å². The fraction of sp³-hybridized carbons (Fsp3) is 0.200. The number of hydrogen-bond acceptors (Lipinski definition) is 5. The molecule has 0 atom stereocenters. The number of nitrogens with one attached hydrogen (secondary N) is 1. The maximum absolute atomic E-state index is 14.3. The molecule has 3 rings (SSSR count). The molecule has 0 saturated carbocycles. The monoisotopic (exact) mass is 587 g/mol. The van der Waals surface area contributed by atoms with Crippen molar-refractivity contribution in [3.05, 3.63) is 75.7 Å². The fourth-order valence-corrected chi connectivity index (χ4v) is 3.81. The maximum Gasteiger partial charge on any atom is 0.422 e. The number of carboxylic acid groups (broad SMARTS) is 1. The molecule has 0 unspecified atom stereocenters. The van der Waals surface area contributed by atoms with Crippen LogP contribution in [0.25, 0.3) is 11.1 Å². The van der Waals surface area contributed by atoms with Crippen LogP contribution < -0.4 is 15.0 Å². The Labute approximate surface area is 229 Å². The molecule has 0 fully saturated rings. The van der Waals surface area contributed by atoms with Crippen molar-refractivity contribution >= 4 is 46.8 Å². The van der Waals surface area contributed by atoms with Gasteiger partial charge in [-0.15, -0.1) is 0 Å². The predicted molar refractivity (Wildman–Crippen MR) is 135 cm³/mol. The number of aromatic nitrogens is 1. The molecule has 2 amide bonds. The Balaban J connectivity index is 2.01. The summed E-state index contributed by atoms with van der Waals surface area (Å²) >= 11 is 12.2. The van der Waals surface area contributed by atoms with Gasteiger partial charge in [-0.05, 0) is 36.4 Å². The van der Waals surface area contributed by atoms with Gasteiger partial charge in [0.1, 0.15) is 5.82 Å². The number of carbonyl (C=O) groups is 3. The van der Waals surface area contributed by atoms with Crippen molar-refractivity contribution in [2.75, 3.05) is 25.1 Å². The van der Waals surface area contributed by atoms with E-state index in [4.69, 9.17) is 33.0 Å². The Hall–Kier alpha value is -3.90. The summed E-state index contributed by atoms with van der Waals surface area (Å²) in [5, 5.41) is 11.0. The number of pyridine rings is 1. The number of alkyl halides is 3. The largest absolute Gasteiger partial charge is 0.481 e. The lowest BCUT2D eigenvalue weighted by Crippen LogP contribution is -2.29. The van der Waals surface area contributed by atoms with Crippen molar-refractivity contribution in [1.29, 1.82) is 0 Å². The van der Waals surface area contributed by atoms with E-state index in [0.717, 1.165) is 24.1 Å². The van der Waals surface area contributed by atoms with Gasteiger partial charge in [0, 0.05) is 41.5 Å². The van der Waals surface area contributed by atoms with Gasteiger partial charge in [0.05, 0.1) is 17.0 Å². The highest BCUT2D eigenvalue weighted by atomic mass is 35.5. The number of ether oxygens (including phenoxy) is 1. The van der Waals surface area contributed by atoms with E-state index in [0.29, 0.717) is 0 Å². The zero-order valence-electron chi connectivity index (χ0n) is 20.0. The van der Waals surface area contributed by atoms with Crippen molar-refractivity contribution in [1.82, 2.24) is 10.3 Å². The van der Waals surface area contributed by atoms with Crippen molar-refractivity contribution in [3.63, 3.8) is 0 Å². The zero-order valence-corrected chi connectivity index (χ0v) is 21.5. The van der Waals surface area contributed by atoms with Crippen LogP contribution in [0.15, 0.2) is 48.7 Å². The fourth-order valence-electron chi connectivity index (χ4n) is 3.34. The van der Waals surface area contributed by atoms with Crippen LogP contribution in [0.3, 0.4) is 0 Å². The summed E-state index contributed by atoms with van der Waals surface area (Å²) in [6.45, 7) is -1.86. The van der Waals surface area contributed by atoms with Gasteiger partial charge in [-0.1, -0.05) is 29.3 Å². The highest BCUT2D eigenvalue weighted by Crippen LogP contribution is 2.36. The van der Waals surface area contributed by atoms with Gasteiger partial charge in [0.2, 0.25) is 0 Å². The molecular formula is C25H19Cl2F4N3O5. The average Bonchev–Trinajstić information content (AvgIpc) is 2.86. The lowest BCUT2D eigenvalue weighted by molar-refractivity contribution is -0.153. The van der Waals surface area contributed by atoms with E-state index >= 15 is 0 Å². The third-order valence-corrected chi connectivity index (χ3v) is 5.83. The quantitative estimate of drug-likeness (QED) is 0.315. The summed E-state index contributed by atoms with van der Waals surface area (Å²) in [6, 6.07) is 8.75. The summed E-state index contributed by atoms with van der Waals surface area (Å²) < 4.78 is 58.2. The van der Waals surface area contributed by atoms with Crippen molar-refractivity contribution in [2.24, 2.45) is 0 Å². The molecule has 1 heterocycles. The molecule has 0 radical (unpaired) electrons. The average molecular weight is 588 g/mol. The van der Waals surface area contributed by atoms with E-state index < -0.39 is 47.7 Å². The topological polar surface area (TPSA) is 109 Å². The summed E-state index contributed by atoms with van der Waals surface area (Å²) in [5.74, 6) is -4.51. The molecule has 0 saturated heterocycles. The molecule has 0 aliphatic rings. The van der Waals surface area contributed by atoms with Crippen LogP contribution in [-0.4, -0.2) is 54.2 Å². The lowest BCUT2D eigenvalue weighted by Gasteiger charge is -2.21. The number of carboxylic acids is 1. The Bertz CT molecular complexity index is 1400. The number of rotatable bonds is 9. The second-order valence-electron chi connectivity index (χ2n) is 8.00. The van der Waals surface area contributed by atoms with E-state index in [1.807, 2.05) is 0 Å². The van der Waals surface area contributed by atoms with E-state index in [2.05, 4.69) is 10.3 Å². The van der Waals surface area contributed by atoms with Gasteiger partial charge >= 0.3 is 12.1 Å². The molecular weight excluding hydrogens is 569 g/mol. The van der Waals surface area contributed by atoms with Crippen molar-refractivity contribution < 1.29 is 41.8 Å². The molecule has 2 aromatic carbocycles. The second kappa shape index (κ2) is 12.3. The van der Waals surface area contributed by atoms with E-state index in [1.165, 1.54) is 36.5 Å². The van der Waals surface area contributed by atoms with Crippen LogP contribution in [0.4, 0.5) is 23.4 Å². The van der Waals surface area contributed by atoms with Gasteiger partial charge in [-0.3, -0.25) is 19.3 Å². The minimum Gasteiger partial charge on any atom is -0.481 e. The minimum absolute atomic E-state index is 0.0862. The van der Waals surface area contributed by atoms with Crippen molar-refractivity contribution in [3.8, 4) is 16.9 Å². The highest BCUT2D eigenvalue weighted by Gasteiger charge is 2.31. The number of benzene rings is 2. The van der Waals surface area contributed by atoms with E-state index in [1.54, 1.807) is 0 Å². The minimum atomic E-state index is -4.74. The highest BCUT2D eigenvalue weighted by molar-refractivity contribution is 6.34. The number of nitrogens with zero attached hydrogens (tertiary/aromatic N) is 2. The predicted octanol–water partition coefficient (Wildman–Crippen LogP) is 5.62. The molecule has 14 heteroatoms. The van der Waals surface area contributed by atoms with Gasteiger partial charge in [-0.25, -0.2) is 9.37 Å². The van der Waals surface area contributed by atoms with E-state index in [-0.39, 0.29) is 45.5 Å². The molecule has 3 aromatic rings. The van der Waals surface area contributed by atoms with Gasteiger partial charge < -0.3 is 15.2 Å². The first-order chi connectivity index (χ1) is 18.3. The molecule has 0 aliphatic heterocycles. The Morgan fingerprint density at radius 1 is 1.10 bits per heavy atom. The van der Waals surface area contributed by atoms with Crippen LogP contribution in [0.1, 0.15) is 27.1 Å². The molecule has 0 bridgehead atoms. The first-order valence-electron chi connectivity index (χ1n) is 11.0. The van der Waals surface area contributed by atoms with Crippen LogP contribution in [0.5, 0.6) is 5.75 Å². The first kappa shape index (κ1) is 29.7. The Morgan fingerprint density at radius 2 is 1.82 bits per heavy atom. The maximum atomic E-state index is 14.3. The molecule has 206 valence electrons. The number of hydrogen-bond donors (Lipinski definition) is 2. The number of halogens is 6. The zero-order chi connectivity index (χ0) is 28.9. The smallest absolute Gasteiger partial charge is 0.422 e. The van der Waals surface area contributed by atoms with Crippen molar-refractivity contribution in [2.45, 2.75) is 12.6 Å². The first-order valence-corrected chi connectivity index (χ1v) is 11.8. The second-order valence-corrected chi connectivity index (χ2v) is 8.82. The van der Waals surface area contributed by atoms with Crippen LogP contribution in [0.2, 0.25) is 10.0 Å². The molecule has 0 spiro atoms. The summed E-state index contributed by atoms with van der Waals surface area (Å²) in [7, 11) is 1.16. The summed E-state index contributed by atoms with van der Waals surface area (Å²) in [5.41, 5.74) is -0.113. The summed E-state index contributed by atoms with van der Waals surface area (Å²) in [6.07, 6.45) is -3.87. The normalized spacial score (nSPS) is 11.2. The molecule has 1 aromatic heterocycles. The van der Waals surface area contributed by atoms with Crippen LogP contribution in [-0.2, 0) is 4.79 Å². The third kappa shape index (κ3) is 7.58. The van der Waals surface area contributed by atoms with Crippen LogP contribution in [0, 0.1) is 5.82 Å². The molecule has 2 N–H and O–H groups in total. The SMILES string of the molecule is CN(C(=O)c1c(F)cccc1Cl)c1ncc(-c2cc(C(=O)NCCC(=O)O)ccc2Cl)cc1OCC(F)(F)F. The van der Waals surface area contributed by atoms with Crippen LogP contribution >= 0.6 is 23.2 Å². The number of aliphatic carboxylic acids is 1.